The number of carbonyl (C=O) groups is 1. The van der Waals surface area contributed by atoms with E-state index in [1.165, 1.54) is 0 Å². The number of allylic oxidation sites excluding steroid dienone is 2. The molecule has 0 aliphatic heterocycles. The largest absolute Gasteiger partial charge is 0.293 e. The van der Waals surface area contributed by atoms with E-state index in [2.05, 4.69) is 0 Å². The monoisotopic (exact) mass is 246 g/mol. The predicted octanol–water partition coefficient (Wildman–Crippen LogP) is 3.98. The highest BCUT2D eigenvalue weighted by Crippen LogP contribution is 2.36. The summed E-state index contributed by atoms with van der Waals surface area (Å²) in [6, 6.07) is 20.0. The van der Waals surface area contributed by atoms with Gasteiger partial charge in [-0.2, -0.15) is 0 Å². The highest BCUT2D eigenvalue weighted by atomic mass is 16.1. The van der Waals surface area contributed by atoms with Crippen molar-refractivity contribution in [2.75, 3.05) is 0 Å². The second kappa shape index (κ2) is 5.07. The Labute approximate surface area is 112 Å². The van der Waals surface area contributed by atoms with Crippen LogP contribution in [0.25, 0.3) is 12.2 Å². The normalized spacial score (nSPS) is 20.1. The lowest BCUT2D eigenvalue weighted by molar-refractivity contribution is -0.109. The van der Waals surface area contributed by atoms with Crippen LogP contribution in [0, 0.1) is 5.92 Å². The second-order valence-corrected chi connectivity index (χ2v) is 4.62. The van der Waals surface area contributed by atoms with Crippen molar-refractivity contribution in [3.05, 3.63) is 83.4 Å². The molecule has 0 bridgehead atoms. The van der Waals surface area contributed by atoms with Crippen LogP contribution in [-0.4, -0.2) is 5.78 Å². The van der Waals surface area contributed by atoms with Gasteiger partial charge < -0.3 is 0 Å². The lowest BCUT2D eigenvalue weighted by Gasteiger charge is -1.90. The van der Waals surface area contributed by atoms with Crippen molar-refractivity contribution in [2.45, 2.75) is 0 Å². The molecule has 2 aromatic rings. The molecule has 1 nitrogen and oxygen atoms in total. The van der Waals surface area contributed by atoms with Crippen molar-refractivity contribution in [2.24, 2.45) is 5.92 Å². The van der Waals surface area contributed by atoms with Gasteiger partial charge in [0, 0.05) is 5.57 Å². The molecule has 0 N–H and O–H groups in total. The molecule has 0 saturated heterocycles. The number of hydrogen-bond acceptors (Lipinski definition) is 1. The molecule has 3 rings (SSSR count). The molecule has 1 aliphatic rings. The van der Waals surface area contributed by atoms with Gasteiger partial charge in [0.25, 0.3) is 0 Å². The summed E-state index contributed by atoms with van der Waals surface area (Å²) in [5.41, 5.74) is 3.11. The van der Waals surface area contributed by atoms with Crippen molar-refractivity contribution in [1.29, 1.82) is 0 Å². The maximum absolute atomic E-state index is 11.7. The molecule has 0 aromatic heterocycles. The van der Waals surface area contributed by atoms with Gasteiger partial charge in [-0.25, -0.2) is 0 Å². The summed E-state index contributed by atoms with van der Waals surface area (Å²) >= 11 is 0. The van der Waals surface area contributed by atoms with Crippen LogP contribution in [0.2, 0.25) is 0 Å². The minimum Gasteiger partial charge on any atom is -0.293 e. The lowest BCUT2D eigenvalue weighted by atomic mass is 10.2. The van der Waals surface area contributed by atoms with E-state index in [-0.39, 0.29) is 11.7 Å². The van der Waals surface area contributed by atoms with Gasteiger partial charge >= 0.3 is 0 Å². The molecule has 0 radical (unpaired) electrons. The summed E-state index contributed by atoms with van der Waals surface area (Å²) in [6.45, 7) is 0. The summed E-state index contributed by atoms with van der Waals surface area (Å²) in [7, 11) is 0. The maximum Gasteiger partial charge on any atom is 0.171 e. The van der Waals surface area contributed by atoms with Gasteiger partial charge in [-0.05, 0) is 17.2 Å². The zero-order chi connectivity index (χ0) is 13.1. The van der Waals surface area contributed by atoms with Gasteiger partial charge in [0.1, 0.15) is 0 Å². The first kappa shape index (κ1) is 11.7. The number of ketones is 1. The van der Waals surface area contributed by atoms with Gasteiger partial charge in [0.05, 0.1) is 5.92 Å². The van der Waals surface area contributed by atoms with Crippen molar-refractivity contribution in [3.63, 3.8) is 0 Å². The molecule has 92 valence electrons. The highest BCUT2D eigenvalue weighted by molar-refractivity contribution is 6.21. The molecule has 1 saturated carbocycles. The molecule has 1 atom stereocenters. The van der Waals surface area contributed by atoms with E-state index in [9.17, 15) is 4.79 Å². The van der Waals surface area contributed by atoms with E-state index in [0.29, 0.717) is 0 Å². The summed E-state index contributed by atoms with van der Waals surface area (Å²) in [5.74, 6) is 0.205. The lowest BCUT2D eigenvalue weighted by Crippen LogP contribution is -1.72. The fraction of sp³-hybridized carbons (Fsp3) is 0.0556. The van der Waals surface area contributed by atoms with E-state index < -0.39 is 0 Å². The molecule has 0 heterocycles. The van der Waals surface area contributed by atoms with Gasteiger partial charge in [-0.15, -0.1) is 0 Å². The van der Waals surface area contributed by atoms with Crippen LogP contribution in [-0.2, 0) is 4.79 Å². The molecule has 1 heteroatoms. The van der Waals surface area contributed by atoms with E-state index in [0.717, 1.165) is 16.7 Å². The number of benzene rings is 2. The Morgan fingerprint density at radius 3 is 2.00 bits per heavy atom. The van der Waals surface area contributed by atoms with Gasteiger partial charge in [0.15, 0.2) is 5.78 Å². The number of Topliss-reactive ketones (excluding diaryl/α,β-unsaturated/α-hetero) is 1. The first-order valence-corrected chi connectivity index (χ1v) is 6.39. The quantitative estimate of drug-likeness (QED) is 0.749. The third kappa shape index (κ3) is 2.71. The minimum atomic E-state index is -0.0274. The van der Waals surface area contributed by atoms with Crippen LogP contribution in [0.15, 0.2) is 72.3 Å². The Balaban J connectivity index is 1.74. The molecular formula is C18H14O. The van der Waals surface area contributed by atoms with Crippen LogP contribution < -0.4 is 0 Å². The average Bonchev–Trinajstić information content (AvgIpc) is 3.08. The van der Waals surface area contributed by atoms with Gasteiger partial charge in [-0.3, -0.25) is 4.79 Å². The van der Waals surface area contributed by atoms with Crippen LogP contribution in [0.5, 0.6) is 0 Å². The number of rotatable bonds is 3. The van der Waals surface area contributed by atoms with Crippen LogP contribution in [0.1, 0.15) is 11.1 Å². The molecule has 1 aliphatic carbocycles. The van der Waals surface area contributed by atoms with Crippen molar-refractivity contribution in [3.8, 4) is 0 Å². The van der Waals surface area contributed by atoms with Crippen molar-refractivity contribution in [1.82, 2.24) is 0 Å². The summed E-state index contributed by atoms with van der Waals surface area (Å²) in [4.78, 5) is 11.7. The molecule has 1 unspecified atom stereocenters. The fourth-order valence-electron chi connectivity index (χ4n) is 2.09. The standard InChI is InChI=1S/C18H14O/c19-18-16(12-11-14-7-3-1-4-8-14)17(18)13-15-9-5-2-6-10-15/h1-13,16H. The first-order valence-electron chi connectivity index (χ1n) is 6.39. The number of carbonyl (C=O) groups excluding carboxylic acids is 1. The van der Waals surface area contributed by atoms with E-state index in [1.54, 1.807) is 0 Å². The Bertz CT molecular complexity index is 636. The smallest absolute Gasteiger partial charge is 0.171 e. The van der Waals surface area contributed by atoms with Crippen LogP contribution in [0.4, 0.5) is 0 Å². The third-order valence-corrected chi connectivity index (χ3v) is 3.22. The van der Waals surface area contributed by atoms with E-state index in [1.807, 2.05) is 78.9 Å². The molecule has 0 amide bonds. The summed E-state index contributed by atoms with van der Waals surface area (Å²) in [6.07, 6.45) is 5.96. The maximum atomic E-state index is 11.7. The van der Waals surface area contributed by atoms with E-state index >= 15 is 0 Å². The molecule has 0 spiro atoms. The Kier molecular flexibility index (Phi) is 3.11. The predicted molar refractivity (Wildman–Crippen MR) is 78.4 cm³/mol. The van der Waals surface area contributed by atoms with Gasteiger partial charge in [-0.1, -0.05) is 72.8 Å². The first-order chi connectivity index (χ1) is 9.34. The Morgan fingerprint density at radius 2 is 1.37 bits per heavy atom. The van der Waals surface area contributed by atoms with Crippen molar-refractivity contribution < 1.29 is 4.79 Å². The molecule has 2 aromatic carbocycles. The summed E-state index contributed by atoms with van der Waals surface area (Å²) in [5, 5.41) is 0. The van der Waals surface area contributed by atoms with Gasteiger partial charge in [0.2, 0.25) is 0 Å². The van der Waals surface area contributed by atoms with Crippen molar-refractivity contribution >= 4 is 17.9 Å². The second-order valence-electron chi connectivity index (χ2n) is 4.62. The Hall–Kier alpha value is -2.41. The summed E-state index contributed by atoms with van der Waals surface area (Å²) < 4.78 is 0. The molecular weight excluding hydrogens is 232 g/mol. The number of hydrogen-bond donors (Lipinski definition) is 0. The zero-order valence-electron chi connectivity index (χ0n) is 10.5. The highest BCUT2D eigenvalue weighted by Gasteiger charge is 2.39. The van der Waals surface area contributed by atoms with Crippen LogP contribution >= 0.6 is 0 Å². The Morgan fingerprint density at radius 1 is 0.789 bits per heavy atom. The van der Waals surface area contributed by atoms with E-state index in [4.69, 9.17) is 0 Å². The minimum absolute atomic E-state index is 0.0274. The third-order valence-electron chi connectivity index (χ3n) is 3.22. The molecule has 1 fully saturated rings. The fourth-order valence-corrected chi connectivity index (χ4v) is 2.09. The average molecular weight is 246 g/mol. The topological polar surface area (TPSA) is 17.1 Å². The zero-order valence-corrected chi connectivity index (χ0v) is 10.5. The van der Waals surface area contributed by atoms with Crippen LogP contribution in [0.3, 0.4) is 0 Å². The molecule has 19 heavy (non-hydrogen) atoms. The SMILES string of the molecule is O=C1C(=Cc2ccccc2)C1C=Cc1ccccc1.